The largest absolute Gasteiger partial charge is 0.395 e. The first-order valence-corrected chi connectivity index (χ1v) is 13.1. The minimum Gasteiger partial charge on any atom is -0.395 e. The predicted octanol–water partition coefficient (Wildman–Crippen LogP) is 4.09. The third-order valence-corrected chi connectivity index (χ3v) is 7.40. The van der Waals surface area contributed by atoms with Crippen LogP contribution in [-0.4, -0.2) is 54.7 Å². The standard InChI is InChI=1S/C29H43N3O2/c1-24(23-33)31-19-12-4-2-3-5-13-20-32-21-18-27(22-32)29(28(30)34,25-14-8-6-9-15-25)26-16-10-7-11-17-26/h6-11,14-17,24,27,31,33H,2-5,12-13,18-23H2,1H3,(H2,30,34)/t24-,27?/m1/s1. The van der Waals surface area contributed by atoms with Gasteiger partial charge in [-0.05, 0) is 62.9 Å². The number of amides is 1. The van der Waals surface area contributed by atoms with Crippen LogP contribution in [0.5, 0.6) is 0 Å². The van der Waals surface area contributed by atoms with E-state index in [1.54, 1.807) is 0 Å². The molecule has 4 N–H and O–H groups in total. The van der Waals surface area contributed by atoms with Gasteiger partial charge in [-0.15, -0.1) is 0 Å². The fourth-order valence-electron chi connectivity index (χ4n) is 5.50. The van der Waals surface area contributed by atoms with Gasteiger partial charge in [-0.3, -0.25) is 4.79 Å². The molecule has 1 unspecified atom stereocenters. The van der Waals surface area contributed by atoms with E-state index in [9.17, 15) is 4.79 Å². The summed E-state index contributed by atoms with van der Waals surface area (Å²) in [5, 5.41) is 12.4. The predicted molar refractivity (Wildman–Crippen MR) is 140 cm³/mol. The number of carbonyl (C=O) groups is 1. The molecule has 1 heterocycles. The number of hydrogen-bond donors (Lipinski definition) is 3. The lowest BCUT2D eigenvalue weighted by molar-refractivity contribution is -0.123. The van der Waals surface area contributed by atoms with E-state index >= 15 is 0 Å². The van der Waals surface area contributed by atoms with Gasteiger partial charge in [-0.25, -0.2) is 0 Å². The monoisotopic (exact) mass is 465 g/mol. The van der Waals surface area contributed by atoms with Gasteiger partial charge < -0.3 is 21.1 Å². The number of hydrogen-bond acceptors (Lipinski definition) is 4. The van der Waals surface area contributed by atoms with Crippen molar-refractivity contribution in [2.24, 2.45) is 11.7 Å². The Hall–Kier alpha value is -2.21. The molecule has 1 aliphatic rings. The van der Waals surface area contributed by atoms with Crippen LogP contribution in [0.25, 0.3) is 0 Å². The van der Waals surface area contributed by atoms with Crippen molar-refractivity contribution in [3.05, 3.63) is 71.8 Å². The maximum atomic E-state index is 13.2. The molecule has 2 atom stereocenters. The van der Waals surface area contributed by atoms with Gasteiger partial charge in [-0.2, -0.15) is 0 Å². The van der Waals surface area contributed by atoms with Crippen LogP contribution in [0.2, 0.25) is 0 Å². The van der Waals surface area contributed by atoms with Gasteiger partial charge in [0.2, 0.25) is 5.91 Å². The maximum Gasteiger partial charge on any atom is 0.232 e. The van der Waals surface area contributed by atoms with E-state index in [-0.39, 0.29) is 24.5 Å². The zero-order valence-electron chi connectivity index (χ0n) is 20.8. The summed E-state index contributed by atoms with van der Waals surface area (Å²) in [4.78, 5) is 15.7. The molecule has 186 valence electrons. The lowest BCUT2D eigenvalue weighted by atomic mass is 9.64. The van der Waals surface area contributed by atoms with E-state index < -0.39 is 5.41 Å². The fourth-order valence-corrected chi connectivity index (χ4v) is 5.50. The Balaban J connectivity index is 1.51. The number of benzene rings is 2. The summed E-state index contributed by atoms with van der Waals surface area (Å²) in [5.74, 6) is -0.0803. The number of aliphatic hydroxyl groups is 1. The van der Waals surface area contributed by atoms with Crippen LogP contribution >= 0.6 is 0 Å². The number of unbranched alkanes of at least 4 members (excludes halogenated alkanes) is 5. The van der Waals surface area contributed by atoms with Crippen molar-refractivity contribution in [3.63, 3.8) is 0 Å². The van der Waals surface area contributed by atoms with Crippen LogP contribution in [0.4, 0.5) is 0 Å². The summed E-state index contributed by atoms with van der Waals surface area (Å²) in [5.41, 5.74) is 7.41. The van der Waals surface area contributed by atoms with Crippen molar-refractivity contribution in [1.29, 1.82) is 0 Å². The van der Waals surface area contributed by atoms with Gasteiger partial charge in [-0.1, -0.05) is 86.3 Å². The Morgan fingerprint density at radius 3 is 2.12 bits per heavy atom. The molecular weight excluding hydrogens is 422 g/mol. The van der Waals surface area contributed by atoms with E-state index in [2.05, 4.69) is 34.5 Å². The third-order valence-electron chi connectivity index (χ3n) is 7.40. The first-order chi connectivity index (χ1) is 16.6. The molecule has 1 aliphatic heterocycles. The van der Waals surface area contributed by atoms with Crippen molar-refractivity contribution in [2.75, 3.05) is 32.8 Å². The van der Waals surface area contributed by atoms with Crippen LogP contribution in [0, 0.1) is 5.92 Å². The maximum absolute atomic E-state index is 13.2. The lowest BCUT2D eigenvalue weighted by Crippen LogP contribution is -2.49. The first kappa shape index (κ1) is 26.4. The van der Waals surface area contributed by atoms with Gasteiger partial charge in [0.1, 0.15) is 5.41 Å². The topological polar surface area (TPSA) is 78.6 Å². The minimum atomic E-state index is -0.793. The van der Waals surface area contributed by atoms with Crippen LogP contribution in [-0.2, 0) is 10.2 Å². The molecule has 1 saturated heterocycles. The summed E-state index contributed by atoms with van der Waals surface area (Å²) in [6.45, 7) is 6.21. The highest BCUT2D eigenvalue weighted by molar-refractivity contribution is 5.91. The highest BCUT2D eigenvalue weighted by atomic mass is 16.3. The molecule has 34 heavy (non-hydrogen) atoms. The average Bonchev–Trinajstić information content (AvgIpc) is 3.33. The number of nitrogens with one attached hydrogen (secondary N) is 1. The molecule has 1 amide bonds. The molecule has 0 aromatic heterocycles. The fraction of sp³-hybridized carbons (Fsp3) is 0.552. The number of likely N-dealkylation sites (tertiary alicyclic amines) is 1. The third kappa shape index (κ3) is 6.68. The van der Waals surface area contributed by atoms with Crippen LogP contribution in [0.15, 0.2) is 60.7 Å². The summed E-state index contributed by atoms with van der Waals surface area (Å²) >= 11 is 0. The van der Waals surface area contributed by atoms with E-state index in [0.717, 1.165) is 43.7 Å². The summed E-state index contributed by atoms with van der Waals surface area (Å²) < 4.78 is 0. The second-order valence-electron chi connectivity index (χ2n) is 9.85. The minimum absolute atomic E-state index is 0.170. The second-order valence-corrected chi connectivity index (χ2v) is 9.85. The molecule has 2 aromatic carbocycles. The van der Waals surface area contributed by atoms with Gasteiger partial charge in [0.15, 0.2) is 0 Å². The van der Waals surface area contributed by atoms with Crippen LogP contribution < -0.4 is 11.1 Å². The zero-order chi connectivity index (χ0) is 24.2. The molecular formula is C29H43N3O2. The number of nitrogens with two attached hydrogens (primary N) is 1. The Morgan fingerprint density at radius 2 is 1.56 bits per heavy atom. The quantitative estimate of drug-likeness (QED) is 0.346. The molecule has 1 fully saturated rings. The molecule has 0 aliphatic carbocycles. The van der Waals surface area contributed by atoms with Crippen molar-refractivity contribution in [3.8, 4) is 0 Å². The first-order valence-electron chi connectivity index (χ1n) is 13.1. The molecule has 2 aromatic rings. The van der Waals surface area contributed by atoms with Crippen LogP contribution in [0.1, 0.15) is 63.0 Å². The van der Waals surface area contributed by atoms with Gasteiger partial charge in [0.05, 0.1) is 6.61 Å². The molecule has 0 bridgehead atoms. The van der Waals surface area contributed by atoms with Crippen molar-refractivity contribution >= 4 is 5.91 Å². The molecule has 5 nitrogen and oxygen atoms in total. The molecule has 5 heteroatoms. The SMILES string of the molecule is C[C@H](CO)NCCCCCCCCN1CCC(C(C(N)=O)(c2ccccc2)c2ccccc2)C1. The van der Waals surface area contributed by atoms with Gasteiger partial charge in [0.25, 0.3) is 0 Å². The summed E-state index contributed by atoms with van der Waals surface area (Å²) in [6, 6.07) is 20.4. The van der Waals surface area contributed by atoms with E-state index in [4.69, 9.17) is 10.8 Å². The Bertz CT molecular complexity index is 803. The Kier molecular flexibility index (Phi) is 10.6. The Labute approximate surface area is 205 Å². The Morgan fingerprint density at radius 1 is 1.00 bits per heavy atom. The van der Waals surface area contributed by atoms with Crippen LogP contribution in [0.3, 0.4) is 0 Å². The molecule has 0 saturated carbocycles. The molecule has 3 rings (SSSR count). The van der Waals surface area contributed by atoms with E-state index in [0.29, 0.717) is 0 Å². The van der Waals surface area contributed by atoms with Crippen molar-refractivity contribution < 1.29 is 9.90 Å². The molecule has 0 radical (unpaired) electrons. The van der Waals surface area contributed by atoms with Crippen molar-refractivity contribution in [2.45, 2.75) is 63.3 Å². The van der Waals surface area contributed by atoms with E-state index in [1.165, 1.54) is 38.5 Å². The summed E-state index contributed by atoms with van der Waals surface area (Å²) in [7, 11) is 0. The smallest absolute Gasteiger partial charge is 0.232 e. The highest BCUT2D eigenvalue weighted by Gasteiger charge is 2.49. The van der Waals surface area contributed by atoms with Gasteiger partial charge in [0, 0.05) is 12.6 Å². The van der Waals surface area contributed by atoms with E-state index in [1.807, 2.05) is 43.3 Å². The zero-order valence-corrected chi connectivity index (χ0v) is 20.8. The highest BCUT2D eigenvalue weighted by Crippen LogP contribution is 2.43. The number of rotatable bonds is 15. The normalized spacial score (nSPS) is 17.6. The number of carbonyl (C=O) groups excluding carboxylic acids is 1. The number of aliphatic hydroxyl groups excluding tert-OH is 1. The second kappa shape index (κ2) is 13.6. The number of nitrogens with zero attached hydrogens (tertiary/aromatic N) is 1. The summed E-state index contributed by atoms with van der Waals surface area (Å²) in [6.07, 6.45) is 8.38. The lowest BCUT2D eigenvalue weighted by Gasteiger charge is -2.37. The average molecular weight is 466 g/mol. The number of primary amides is 1. The molecule has 0 spiro atoms. The van der Waals surface area contributed by atoms with Crippen molar-refractivity contribution in [1.82, 2.24) is 10.2 Å². The van der Waals surface area contributed by atoms with Gasteiger partial charge >= 0.3 is 0 Å².